The van der Waals surface area contributed by atoms with Crippen molar-refractivity contribution in [2.24, 2.45) is 0 Å². The molecule has 2 aromatic rings. The SMILES string of the molecule is CCCCCC[C@H](OCc1ccccc1)[C@@H](O)COS(=O)(=O)c1ccc(C)cc1. The number of rotatable bonds is 13. The Morgan fingerprint density at radius 1 is 0.966 bits per heavy atom. The lowest BCUT2D eigenvalue weighted by Gasteiger charge is -2.23. The average molecular weight is 421 g/mol. The van der Waals surface area contributed by atoms with Crippen LogP contribution in [0.25, 0.3) is 0 Å². The number of aliphatic hydroxyl groups is 1. The van der Waals surface area contributed by atoms with Crippen molar-refractivity contribution in [3.8, 4) is 0 Å². The second kappa shape index (κ2) is 12.1. The van der Waals surface area contributed by atoms with Gasteiger partial charge in [0.2, 0.25) is 0 Å². The first-order valence-corrected chi connectivity index (χ1v) is 11.6. The molecule has 2 rings (SSSR count). The van der Waals surface area contributed by atoms with E-state index in [1.54, 1.807) is 12.1 Å². The summed E-state index contributed by atoms with van der Waals surface area (Å²) < 4.78 is 35.8. The molecule has 0 heterocycles. The van der Waals surface area contributed by atoms with E-state index in [0.29, 0.717) is 13.0 Å². The van der Waals surface area contributed by atoms with Crippen LogP contribution in [0.1, 0.15) is 50.2 Å². The minimum atomic E-state index is -3.92. The van der Waals surface area contributed by atoms with Gasteiger partial charge >= 0.3 is 0 Å². The number of benzene rings is 2. The van der Waals surface area contributed by atoms with Gasteiger partial charge in [-0.25, -0.2) is 0 Å². The number of hydrogen-bond acceptors (Lipinski definition) is 5. The molecular formula is C23H32O5S. The molecule has 160 valence electrons. The first-order valence-electron chi connectivity index (χ1n) is 10.2. The summed E-state index contributed by atoms with van der Waals surface area (Å²) in [4.78, 5) is 0.0833. The fourth-order valence-corrected chi connectivity index (χ4v) is 3.90. The van der Waals surface area contributed by atoms with Gasteiger partial charge in [-0.1, -0.05) is 80.6 Å². The molecule has 0 saturated heterocycles. The summed E-state index contributed by atoms with van der Waals surface area (Å²) in [5.41, 5.74) is 1.97. The third kappa shape index (κ3) is 8.26. The summed E-state index contributed by atoms with van der Waals surface area (Å²) in [6.07, 6.45) is 3.35. The van der Waals surface area contributed by atoms with Crippen LogP contribution >= 0.6 is 0 Å². The molecular weight excluding hydrogens is 388 g/mol. The highest BCUT2D eigenvalue weighted by Gasteiger charge is 2.24. The zero-order valence-electron chi connectivity index (χ0n) is 17.3. The van der Waals surface area contributed by atoms with E-state index >= 15 is 0 Å². The molecule has 0 amide bonds. The van der Waals surface area contributed by atoms with E-state index in [-0.39, 0.29) is 11.5 Å². The molecule has 6 heteroatoms. The lowest BCUT2D eigenvalue weighted by Crippen LogP contribution is -2.34. The minimum absolute atomic E-state index is 0.0833. The third-order valence-corrected chi connectivity index (χ3v) is 6.08. The standard InChI is InChI=1S/C23H32O5S/c1-3-4-5-9-12-23(27-17-20-10-7-6-8-11-20)22(24)18-28-29(25,26)21-15-13-19(2)14-16-21/h6-8,10-11,13-16,22-24H,3-5,9,12,17-18H2,1-2H3/t22-,23-/m0/s1. The zero-order valence-corrected chi connectivity index (χ0v) is 18.1. The molecule has 0 bridgehead atoms. The molecule has 29 heavy (non-hydrogen) atoms. The molecule has 0 fully saturated rings. The molecule has 0 spiro atoms. The van der Waals surface area contributed by atoms with E-state index in [1.807, 2.05) is 37.3 Å². The average Bonchev–Trinajstić information content (AvgIpc) is 2.72. The first-order chi connectivity index (χ1) is 13.9. The number of unbranched alkanes of at least 4 members (excludes halogenated alkanes) is 3. The Labute approximate surface area is 174 Å². The van der Waals surface area contributed by atoms with E-state index in [0.717, 1.165) is 36.8 Å². The molecule has 5 nitrogen and oxygen atoms in total. The Morgan fingerprint density at radius 2 is 1.66 bits per heavy atom. The van der Waals surface area contributed by atoms with Crippen LogP contribution in [0.3, 0.4) is 0 Å². The van der Waals surface area contributed by atoms with Crippen molar-refractivity contribution in [3.63, 3.8) is 0 Å². The van der Waals surface area contributed by atoms with E-state index in [4.69, 9.17) is 8.92 Å². The largest absolute Gasteiger partial charge is 0.388 e. The van der Waals surface area contributed by atoms with Crippen molar-refractivity contribution >= 4 is 10.1 Å². The van der Waals surface area contributed by atoms with Gasteiger partial charge in [-0.05, 0) is 31.0 Å². The van der Waals surface area contributed by atoms with E-state index < -0.39 is 22.3 Å². The predicted octanol–water partition coefficient (Wildman–Crippen LogP) is 4.62. The lowest BCUT2D eigenvalue weighted by molar-refractivity contribution is -0.0647. The van der Waals surface area contributed by atoms with Gasteiger partial charge in [-0.15, -0.1) is 0 Å². The van der Waals surface area contributed by atoms with Crippen LogP contribution in [0, 0.1) is 6.92 Å². The van der Waals surface area contributed by atoms with Crippen LogP contribution in [0.4, 0.5) is 0 Å². The van der Waals surface area contributed by atoms with E-state index in [2.05, 4.69) is 6.92 Å². The summed E-state index contributed by atoms with van der Waals surface area (Å²) in [6, 6.07) is 16.2. The Morgan fingerprint density at radius 3 is 2.31 bits per heavy atom. The molecule has 0 aliphatic carbocycles. The maximum Gasteiger partial charge on any atom is 0.297 e. The summed E-state index contributed by atoms with van der Waals surface area (Å²) in [5.74, 6) is 0. The molecule has 2 atom stereocenters. The van der Waals surface area contributed by atoms with Gasteiger partial charge in [0.1, 0.15) is 6.10 Å². The maximum absolute atomic E-state index is 12.4. The molecule has 0 unspecified atom stereocenters. The van der Waals surface area contributed by atoms with Crippen molar-refractivity contribution in [2.75, 3.05) is 6.61 Å². The second-order valence-corrected chi connectivity index (χ2v) is 8.92. The number of aliphatic hydroxyl groups excluding tert-OH is 1. The third-order valence-electron chi connectivity index (χ3n) is 4.78. The van der Waals surface area contributed by atoms with Crippen molar-refractivity contribution in [1.82, 2.24) is 0 Å². The Hall–Kier alpha value is -1.73. The number of hydrogen-bond donors (Lipinski definition) is 1. The van der Waals surface area contributed by atoms with E-state index in [9.17, 15) is 13.5 Å². The van der Waals surface area contributed by atoms with Crippen LogP contribution in [0.15, 0.2) is 59.5 Å². The quantitative estimate of drug-likeness (QED) is 0.378. The topological polar surface area (TPSA) is 72.8 Å². The molecule has 0 radical (unpaired) electrons. The molecule has 2 aromatic carbocycles. The van der Waals surface area contributed by atoms with Gasteiger partial charge in [0.05, 0.1) is 24.2 Å². The molecule has 0 aliphatic heterocycles. The minimum Gasteiger partial charge on any atom is -0.388 e. The highest BCUT2D eigenvalue weighted by Crippen LogP contribution is 2.18. The fraction of sp³-hybridized carbons (Fsp3) is 0.478. The van der Waals surface area contributed by atoms with Crippen molar-refractivity contribution in [3.05, 3.63) is 65.7 Å². The van der Waals surface area contributed by atoms with Crippen molar-refractivity contribution < 1.29 is 22.4 Å². The number of ether oxygens (including phenoxy) is 1. The normalized spacial score (nSPS) is 13.9. The van der Waals surface area contributed by atoms with Crippen LogP contribution in [0.5, 0.6) is 0 Å². The van der Waals surface area contributed by atoms with Gasteiger partial charge < -0.3 is 9.84 Å². The maximum atomic E-state index is 12.4. The van der Waals surface area contributed by atoms with E-state index in [1.165, 1.54) is 12.1 Å². The molecule has 0 saturated carbocycles. The Bertz CT molecular complexity index is 803. The second-order valence-electron chi connectivity index (χ2n) is 7.30. The fourth-order valence-electron chi connectivity index (χ4n) is 2.98. The van der Waals surface area contributed by atoms with Crippen LogP contribution in [0.2, 0.25) is 0 Å². The lowest BCUT2D eigenvalue weighted by atomic mass is 10.1. The summed E-state index contributed by atoms with van der Waals surface area (Å²) in [6.45, 7) is 4.06. The van der Waals surface area contributed by atoms with Gasteiger partial charge in [0, 0.05) is 0 Å². The Kier molecular flexibility index (Phi) is 9.81. The summed E-state index contributed by atoms with van der Waals surface area (Å²) in [7, 11) is -3.92. The molecule has 0 aromatic heterocycles. The van der Waals surface area contributed by atoms with Crippen molar-refractivity contribution in [2.45, 2.75) is 69.7 Å². The van der Waals surface area contributed by atoms with Crippen LogP contribution in [-0.4, -0.2) is 32.3 Å². The predicted molar refractivity (Wildman–Crippen MR) is 114 cm³/mol. The highest BCUT2D eigenvalue weighted by atomic mass is 32.2. The van der Waals surface area contributed by atoms with Gasteiger partial charge in [0.15, 0.2) is 0 Å². The first kappa shape index (κ1) is 23.5. The van der Waals surface area contributed by atoms with Crippen molar-refractivity contribution in [1.29, 1.82) is 0 Å². The van der Waals surface area contributed by atoms with Gasteiger partial charge in [0.25, 0.3) is 10.1 Å². The van der Waals surface area contributed by atoms with Gasteiger partial charge in [-0.3, -0.25) is 4.18 Å². The number of aryl methyl sites for hydroxylation is 1. The zero-order chi connectivity index (χ0) is 21.1. The highest BCUT2D eigenvalue weighted by molar-refractivity contribution is 7.86. The van der Waals surface area contributed by atoms with Crippen LogP contribution < -0.4 is 0 Å². The summed E-state index contributed by atoms with van der Waals surface area (Å²) in [5, 5.41) is 10.6. The summed E-state index contributed by atoms with van der Waals surface area (Å²) >= 11 is 0. The smallest absolute Gasteiger partial charge is 0.297 e. The monoisotopic (exact) mass is 420 g/mol. The molecule has 1 N–H and O–H groups in total. The van der Waals surface area contributed by atoms with Gasteiger partial charge in [-0.2, -0.15) is 8.42 Å². The molecule has 0 aliphatic rings. The Balaban J connectivity index is 1.95. The van der Waals surface area contributed by atoms with Crippen LogP contribution in [-0.2, 0) is 25.6 Å².